The number of amides is 1. The summed E-state index contributed by atoms with van der Waals surface area (Å²) in [6, 6.07) is 13.0. The first-order valence-corrected chi connectivity index (χ1v) is 7.17. The van der Waals surface area contributed by atoms with Gasteiger partial charge in [0.25, 0.3) is 5.91 Å². The lowest BCUT2D eigenvalue weighted by atomic mass is 10.1. The Hall–Kier alpha value is -2.60. The maximum absolute atomic E-state index is 12.2. The van der Waals surface area contributed by atoms with Gasteiger partial charge >= 0.3 is 0 Å². The second kappa shape index (κ2) is 5.80. The number of aryl methyl sites for hydroxylation is 1. The van der Waals surface area contributed by atoms with Gasteiger partial charge in [0.1, 0.15) is 5.69 Å². The molecule has 21 heavy (non-hydrogen) atoms. The summed E-state index contributed by atoms with van der Waals surface area (Å²) in [6.45, 7) is 1.90. The molecular weight excluding hydrogens is 284 g/mol. The Morgan fingerprint density at radius 1 is 1.10 bits per heavy atom. The van der Waals surface area contributed by atoms with Gasteiger partial charge in [0.05, 0.1) is 0 Å². The van der Waals surface area contributed by atoms with Gasteiger partial charge in [0.15, 0.2) is 5.01 Å². The number of nitrogens with zero attached hydrogens (tertiary/aromatic N) is 3. The van der Waals surface area contributed by atoms with E-state index in [9.17, 15) is 4.79 Å². The topological polar surface area (TPSA) is 67.8 Å². The van der Waals surface area contributed by atoms with Crippen LogP contribution in [0.1, 0.15) is 15.9 Å². The molecule has 0 atom stereocenters. The average molecular weight is 296 g/mol. The number of hydrogen-bond acceptors (Lipinski definition) is 5. The molecule has 5 nitrogen and oxygen atoms in total. The van der Waals surface area contributed by atoms with Crippen molar-refractivity contribution in [3.8, 4) is 10.7 Å². The normalized spacial score (nSPS) is 10.3. The Kier molecular flexibility index (Phi) is 3.70. The number of carbonyl (C=O) groups is 1. The van der Waals surface area contributed by atoms with Crippen molar-refractivity contribution in [1.82, 2.24) is 15.2 Å². The number of rotatable bonds is 3. The van der Waals surface area contributed by atoms with Crippen molar-refractivity contribution < 1.29 is 4.79 Å². The minimum Gasteiger partial charge on any atom is -0.296 e. The van der Waals surface area contributed by atoms with E-state index in [1.165, 1.54) is 11.3 Å². The summed E-state index contributed by atoms with van der Waals surface area (Å²) < 4.78 is 0. The smallest absolute Gasteiger partial charge is 0.257 e. The second-order valence-electron chi connectivity index (χ2n) is 4.40. The number of carbonyl (C=O) groups excluding carboxylic acids is 1. The molecule has 0 aliphatic carbocycles. The third-order valence-corrected chi connectivity index (χ3v) is 3.78. The monoisotopic (exact) mass is 296 g/mol. The van der Waals surface area contributed by atoms with Crippen molar-refractivity contribution in [3.63, 3.8) is 0 Å². The van der Waals surface area contributed by atoms with Crippen molar-refractivity contribution in [2.45, 2.75) is 6.92 Å². The summed E-state index contributed by atoms with van der Waals surface area (Å²) in [6.07, 6.45) is 1.70. The first-order valence-electron chi connectivity index (χ1n) is 6.36. The molecule has 104 valence electrons. The zero-order chi connectivity index (χ0) is 14.7. The van der Waals surface area contributed by atoms with E-state index in [0.29, 0.717) is 15.7 Å². The minimum atomic E-state index is -0.183. The third kappa shape index (κ3) is 2.95. The third-order valence-electron chi connectivity index (χ3n) is 2.92. The molecule has 3 aromatic rings. The largest absolute Gasteiger partial charge is 0.296 e. The van der Waals surface area contributed by atoms with E-state index >= 15 is 0 Å². The van der Waals surface area contributed by atoms with E-state index in [4.69, 9.17) is 0 Å². The van der Waals surface area contributed by atoms with E-state index in [-0.39, 0.29) is 5.91 Å². The predicted molar refractivity (Wildman–Crippen MR) is 82.3 cm³/mol. The van der Waals surface area contributed by atoms with Crippen molar-refractivity contribution in [2.75, 3.05) is 5.32 Å². The molecule has 1 N–H and O–H groups in total. The van der Waals surface area contributed by atoms with Crippen LogP contribution in [0, 0.1) is 6.92 Å². The van der Waals surface area contributed by atoms with Gasteiger partial charge < -0.3 is 0 Å². The number of nitrogens with one attached hydrogen (secondary N) is 1. The van der Waals surface area contributed by atoms with Crippen molar-refractivity contribution >= 4 is 22.4 Å². The molecule has 2 heterocycles. The molecule has 0 unspecified atom stereocenters. The minimum absolute atomic E-state index is 0.183. The van der Waals surface area contributed by atoms with Gasteiger partial charge in [-0.05, 0) is 30.7 Å². The highest BCUT2D eigenvalue weighted by Crippen LogP contribution is 2.24. The molecule has 1 amide bonds. The Balaban J connectivity index is 1.79. The molecule has 0 radical (unpaired) electrons. The summed E-state index contributed by atoms with van der Waals surface area (Å²) in [7, 11) is 0. The van der Waals surface area contributed by atoms with Crippen LogP contribution in [-0.4, -0.2) is 21.1 Å². The quantitative estimate of drug-likeness (QED) is 0.806. The Bertz CT molecular complexity index is 770. The summed E-state index contributed by atoms with van der Waals surface area (Å²) in [5.41, 5.74) is 2.29. The number of aromatic nitrogens is 3. The Morgan fingerprint density at radius 3 is 2.67 bits per heavy atom. The van der Waals surface area contributed by atoms with Crippen LogP contribution in [0.5, 0.6) is 0 Å². The predicted octanol–water partition coefficient (Wildman–Crippen LogP) is 3.16. The van der Waals surface area contributed by atoms with Gasteiger partial charge in [-0.15, -0.1) is 10.2 Å². The number of benzene rings is 1. The Morgan fingerprint density at radius 2 is 1.90 bits per heavy atom. The van der Waals surface area contributed by atoms with Gasteiger partial charge in [-0.1, -0.05) is 35.6 Å². The summed E-state index contributed by atoms with van der Waals surface area (Å²) in [4.78, 5) is 16.4. The van der Waals surface area contributed by atoms with Crippen LogP contribution in [0.4, 0.5) is 5.13 Å². The fourth-order valence-electron chi connectivity index (χ4n) is 1.86. The van der Waals surface area contributed by atoms with Gasteiger partial charge in [-0.3, -0.25) is 15.1 Å². The fourth-order valence-corrected chi connectivity index (χ4v) is 2.57. The van der Waals surface area contributed by atoms with Crippen molar-refractivity contribution in [1.29, 1.82) is 0 Å². The van der Waals surface area contributed by atoms with Crippen LogP contribution in [0.15, 0.2) is 48.7 Å². The first kappa shape index (κ1) is 13.4. The molecule has 2 aromatic heterocycles. The molecule has 3 rings (SSSR count). The van der Waals surface area contributed by atoms with E-state index < -0.39 is 0 Å². The lowest BCUT2D eigenvalue weighted by Crippen LogP contribution is -2.12. The molecule has 0 saturated heterocycles. The van der Waals surface area contributed by atoms with Gasteiger partial charge in [-0.25, -0.2) is 0 Å². The molecule has 0 aliphatic rings. The molecule has 0 saturated carbocycles. The molecule has 1 aromatic carbocycles. The van der Waals surface area contributed by atoms with Crippen LogP contribution >= 0.6 is 11.3 Å². The zero-order valence-corrected chi connectivity index (χ0v) is 12.1. The highest BCUT2D eigenvalue weighted by molar-refractivity contribution is 7.18. The van der Waals surface area contributed by atoms with E-state index in [1.807, 2.05) is 43.3 Å². The van der Waals surface area contributed by atoms with Crippen LogP contribution in [0.2, 0.25) is 0 Å². The Labute approximate surface area is 125 Å². The molecule has 6 heteroatoms. The summed E-state index contributed by atoms with van der Waals surface area (Å²) in [5, 5.41) is 11.9. The molecule has 0 spiro atoms. The molecular formula is C15H12N4OS. The molecule has 0 fully saturated rings. The van der Waals surface area contributed by atoms with Crippen LogP contribution in [0.25, 0.3) is 10.7 Å². The van der Waals surface area contributed by atoms with Crippen molar-refractivity contribution in [2.24, 2.45) is 0 Å². The number of pyridine rings is 1. The van der Waals surface area contributed by atoms with E-state index in [2.05, 4.69) is 20.5 Å². The fraction of sp³-hybridized carbons (Fsp3) is 0.0667. The van der Waals surface area contributed by atoms with Gasteiger partial charge in [0.2, 0.25) is 5.13 Å². The van der Waals surface area contributed by atoms with Crippen LogP contribution in [-0.2, 0) is 0 Å². The highest BCUT2D eigenvalue weighted by atomic mass is 32.1. The second-order valence-corrected chi connectivity index (χ2v) is 5.37. The van der Waals surface area contributed by atoms with Crippen LogP contribution in [0.3, 0.4) is 0 Å². The molecule has 0 bridgehead atoms. The SMILES string of the molecule is Cc1ccccc1C(=O)Nc1nnc(-c2ccccn2)s1. The number of hydrogen-bond donors (Lipinski definition) is 1. The first-order chi connectivity index (χ1) is 10.2. The average Bonchev–Trinajstić information content (AvgIpc) is 2.97. The number of anilines is 1. The van der Waals surface area contributed by atoms with Gasteiger partial charge in [0, 0.05) is 11.8 Å². The molecule has 0 aliphatic heterocycles. The summed E-state index contributed by atoms with van der Waals surface area (Å²) >= 11 is 1.30. The van der Waals surface area contributed by atoms with Crippen LogP contribution < -0.4 is 5.32 Å². The zero-order valence-electron chi connectivity index (χ0n) is 11.3. The van der Waals surface area contributed by atoms with E-state index in [1.54, 1.807) is 12.3 Å². The van der Waals surface area contributed by atoms with E-state index in [0.717, 1.165) is 11.3 Å². The maximum Gasteiger partial charge on any atom is 0.257 e. The summed E-state index contributed by atoms with van der Waals surface area (Å²) in [5.74, 6) is -0.183. The standard InChI is InChI=1S/C15H12N4OS/c1-10-6-2-3-7-11(10)13(20)17-15-19-18-14(21-15)12-8-4-5-9-16-12/h2-9H,1H3,(H,17,19,20). The van der Waals surface area contributed by atoms with Gasteiger partial charge in [-0.2, -0.15) is 0 Å². The maximum atomic E-state index is 12.2. The van der Waals surface area contributed by atoms with Crippen molar-refractivity contribution in [3.05, 3.63) is 59.8 Å². The lowest BCUT2D eigenvalue weighted by molar-refractivity contribution is 0.102. The lowest BCUT2D eigenvalue weighted by Gasteiger charge is -2.03. The highest BCUT2D eigenvalue weighted by Gasteiger charge is 2.12.